The molecule has 0 fully saturated rings. The molecule has 2 aromatic heterocycles. The predicted molar refractivity (Wildman–Crippen MR) is 94.8 cm³/mol. The first-order valence-corrected chi connectivity index (χ1v) is 8.71. The van der Waals surface area contributed by atoms with Gasteiger partial charge in [-0.25, -0.2) is 9.78 Å². The van der Waals surface area contributed by atoms with Crippen LogP contribution in [0.2, 0.25) is 0 Å². The molecule has 7 heteroatoms. The topological polar surface area (TPSA) is 60.2 Å². The van der Waals surface area contributed by atoms with Gasteiger partial charge in [-0.1, -0.05) is 25.7 Å². The maximum absolute atomic E-state index is 12.2. The Kier molecular flexibility index (Phi) is 6.53. The molecule has 0 amide bonds. The molecule has 2 heterocycles. The second-order valence-corrected chi connectivity index (χ2v) is 6.29. The summed E-state index contributed by atoms with van der Waals surface area (Å²) in [6.45, 7) is 8.56. The highest BCUT2D eigenvalue weighted by Gasteiger charge is 2.15. The van der Waals surface area contributed by atoms with Crippen molar-refractivity contribution < 1.29 is 9.53 Å². The van der Waals surface area contributed by atoms with Crippen LogP contribution in [0, 0.1) is 11.8 Å². The fourth-order valence-corrected chi connectivity index (χ4v) is 2.80. The van der Waals surface area contributed by atoms with Crippen molar-refractivity contribution >= 4 is 17.3 Å². The summed E-state index contributed by atoms with van der Waals surface area (Å²) in [4.78, 5) is 19.1. The van der Waals surface area contributed by atoms with Gasteiger partial charge in [0.15, 0.2) is 6.10 Å². The van der Waals surface area contributed by atoms with E-state index in [9.17, 15) is 4.79 Å². The van der Waals surface area contributed by atoms with E-state index >= 15 is 0 Å². The van der Waals surface area contributed by atoms with Crippen molar-refractivity contribution in [3.05, 3.63) is 23.5 Å². The zero-order valence-electron chi connectivity index (χ0n) is 14.4. The summed E-state index contributed by atoms with van der Waals surface area (Å²) in [6.07, 6.45) is 4.66. The van der Waals surface area contributed by atoms with Gasteiger partial charge in [0.2, 0.25) is 0 Å². The molecular weight excluding hydrogens is 324 g/mol. The number of esters is 1. The second-order valence-electron chi connectivity index (χ2n) is 5.26. The van der Waals surface area contributed by atoms with Crippen molar-refractivity contribution in [3.63, 3.8) is 0 Å². The summed E-state index contributed by atoms with van der Waals surface area (Å²) in [5.41, 5.74) is 0.883. The molecule has 1 atom stereocenters. The van der Waals surface area contributed by atoms with Gasteiger partial charge in [-0.2, -0.15) is 5.10 Å². The highest BCUT2D eigenvalue weighted by Crippen LogP contribution is 2.25. The highest BCUT2D eigenvalue weighted by molar-refractivity contribution is 7.16. The minimum absolute atomic E-state index is 0.396. The molecule has 24 heavy (non-hydrogen) atoms. The number of aromatic nitrogens is 3. The van der Waals surface area contributed by atoms with Gasteiger partial charge in [0.1, 0.15) is 9.88 Å². The van der Waals surface area contributed by atoms with Crippen LogP contribution in [0.25, 0.3) is 10.6 Å². The molecule has 2 aromatic rings. The molecule has 0 saturated heterocycles. The molecule has 128 valence electrons. The van der Waals surface area contributed by atoms with Gasteiger partial charge in [0.25, 0.3) is 0 Å². The van der Waals surface area contributed by atoms with Crippen molar-refractivity contribution in [2.75, 3.05) is 19.6 Å². The third-order valence-corrected chi connectivity index (χ3v) is 4.47. The molecular formula is C17H22N4O2S. The number of hydrogen-bond acceptors (Lipinski definition) is 6. The maximum atomic E-state index is 12.2. The van der Waals surface area contributed by atoms with Crippen LogP contribution in [0.15, 0.2) is 18.6 Å². The average Bonchev–Trinajstić information content (AvgIpc) is 3.20. The lowest BCUT2D eigenvalue weighted by Gasteiger charge is -2.13. The zero-order chi connectivity index (χ0) is 17.5. The van der Waals surface area contributed by atoms with E-state index in [0.29, 0.717) is 11.4 Å². The van der Waals surface area contributed by atoms with Gasteiger partial charge < -0.3 is 4.74 Å². The van der Waals surface area contributed by atoms with Crippen LogP contribution in [0.5, 0.6) is 0 Å². The molecule has 0 aliphatic carbocycles. The summed E-state index contributed by atoms with van der Waals surface area (Å²) < 4.78 is 7.06. The summed E-state index contributed by atoms with van der Waals surface area (Å²) >= 11 is 1.29. The monoisotopic (exact) mass is 346 g/mol. The fraction of sp³-hybridized carbons (Fsp3) is 0.471. The third-order valence-electron chi connectivity index (χ3n) is 3.44. The Labute approximate surface area is 146 Å². The van der Waals surface area contributed by atoms with Crippen LogP contribution in [-0.4, -0.2) is 51.4 Å². The van der Waals surface area contributed by atoms with Gasteiger partial charge in [0.05, 0.1) is 18.9 Å². The summed E-state index contributed by atoms with van der Waals surface area (Å²) in [6, 6.07) is 0. The molecule has 0 N–H and O–H groups in total. The standard InChI is InChI=1S/C17H22N4O2S/c1-5-21(6-2)9-7-8-13(3)23-17(22)15-11-18-16(24-15)14-10-19-20(4)12-14/h10-13H,5-6,9H2,1-4H3/t13-/m0/s1. The average molecular weight is 346 g/mol. The second kappa shape index (κ2) is 8.62. The number of hydrogen-bond donors (Lipinski definition) is 0. The molecule has 0 bridgehead atoms. The van der Waals surface area contributed by atoms with Crippen molar-refractivity contribution in [3.8, 4) is 22.4 Å². The van der Waals surface area contributed by atoms with E-state index in [1.54, 1.807) is 17.8 Å². The molecule has 0 saturated carbocycles. The molecule has 0 aliphatic rings. The molecule has 0 aromatic carbocycles. The summed E-state index contributed by atoms with van der Waals surface area (Å²) in [5.74, 6) is 5.62. The lowest BCUT2D eigenvalue weighted by Crippen LogP contribution is -2.23. The van der Waals surface area contributed by atoms with Crippen molar-refractivity contribution in [1.82, 2.24) is 19.7 Å². The van der Waals surface area contributed by atoms with Crippen LogP contribution in [0.4, 0.5) is 0 Å². The Hall–Kier alpha value is -2.17. The first kappa shape index (κ1) is 18.2. The molecule has 0 spiro atoms. The normalized spacial score (nSPS) is 11.9. The first-order chi connectivity index (χ1) is 11.5. The van der Waals surface area contributed by atoms with E-state index in [0.717, 1.165) is 23.7 Å². The van der Waals surface area contributed by atoms with E-state index in [1.165, 1.54) is 17.5 Å². The van der Waals surface area contributed by atoms with E-state index in [-0.39, 0.29) is 0 Å². The smallest absolute Gasteiger partial charge is 0.351 e. The fourth-order valence-electron chi connectivity index (χ4n) is 2.03. The minimum Gasteiger partial charge on any atom is -0.445 e. The molecule has 0 aliphatic heterocycles. The van der Waals surface area contributed by atoms with Gasteiger partial charge in [-0.3, -0.25) is 9.58 Å². The van der Waals surface area contributed by atoms with Crippen LogP contribution < -0.4 is 0 Å². The Morgan fingerprint density at radius 2 is 2.17 bits per heavy atom. The van der Waals surface area contributed by atoms with Crippen molar-refractivity contribution in [1.29, 1.82) is 0 Å². The number of carbonyl (C=O) groups excluding carboxylic acids is 1. The number of aryl methyl sites for hydroxylation is 1. The lowest BCUT2D eigenvalue weighted by molar-refractivity contribution is 0.0444. The highest BCUT2D eigenvalue weighted by atomic mass is 32.1. The van der Waals surface area contributed by atoms with Crippen molar-refractivity contribution in [2.45, 2.75) is 26.9 Å². The number of carbonyl (C=O) groups is 1. The van der Waals surface area contributed by atoms with Crippen LogP contribution in [0.3, 0.4) is 0 Å². The van der Waals surface area contributed by atoms with Crippen LogP contribution >= 0.6 is 11.3 Å². The predicted octanol–water partition coefficient (Wildman–Crippen LogP) is 2.43. The largest absolute Gasteiger partial charge is 0.445 e. The lowest BCUT2D eigenvalue weighted by atomic mass is 10.4. The maximum Gasteiger partial charge on any atom is 0.351 e. The van der Waals surface area contributed by atoms with Crippen LogP contribution in [-0.2, 0) is 11.8 Å². The molecule has 0 radical (unpaired) electrons. The summed E-state index contributed by atoms with van der Waals surface area (Å²) in [5, 5.41) is 4.85. The van der Waals surface area contributed by atoms with E-state index in [1.807, 2.05) is 13.2 Å². The Bertz CT molecular complexity index is 737. The number of thiazole rings is 1. The number of rotatable bonds is 6. The Balaban J connectivity index is 1.93. The van der Waals surface area contributed by atoms with Gasteiger partial charge >= 0.3 is 5.97 Å². The third kappa shape index (κ3) is 4.91. The van der Waals surface area contributed by atoms with Gasteiger partial charge in [-0.15, -0.1) is 11.3 Å². The van der Waals surface area contributed by atoms with Crippen molar-refractivity contribution in [2.24, 2.45) is 7.05 Å². The molecule has 6 nitrogen and oxygen atoms in total. The van der Waals surface area contributed by atoms with E-state index in [4.69, 9.17) is 4.74 Å². The van der Waals surface area contributed by atoms with E-state index < -0.39 is 12.1 Å². The number of nitrogens with zero attached hydrogens (tertiary/aromatic N) is 4. The Morgan fingerprint density at radius 3 is 2.79 bits per heavy atom. The quantitative estimate of drug-likeness (QED) is 0.594. The van der Waals surface area contributed by atoms with Gasteiger partial charge in [0, 0.05) is 18.8 Å². The Morgan fingerprint density at radius 1 is 1.42 bits per heavy atom. The van der Waals surface area contributed by atoms with E-state index in [2.05, 4.69) is 40.7 Å². The SMILES string of the molecule is CCN(CC)CC#C[C@H](C)OC(=O)c1cnc(-c2cnn(C)c2)s1. The van der Waals surface area contributed by atoms with Crippen LogP contribution in [0.1, 0.15) is 30.4 Å². The molecule has 2 rings (SSSR count). The minimum atomic E-state index is -0.447. The first-order valence-electron chi connectivity index (χ1n) is 7.90. The number of ether oxygens (including phenoxy) is 1. The van der Waals surface area contributed by atoms with Gasteiger partial charge in [-0.05, 0) is 20.0 Å². The zero-order valence-corrected chi connectivity index (χ0v) is 15.3. The summed E-state index contributed by atoms with van der Waals surface area (Å²) in [7, 11) is 1.84. The molecule has 0 unspecified atom stereocenters.